The van der Waals surface area contributed by atoms with Crippen LogP contribution < -0.4 is 4.74 Å². The molecule has 16 heavy (non-hydrogen) atoms. The van der Waals surface area contributed by atoms with E-state index in [0.717, 1.165) is 12.3 Å². The van der Waals surface area contributed by atoms with Gasteiger partial charge in [-0.2, -0.15) is 0 Å². The van der Waals surface area contributed by atoms with Gasteiger partial charge in [0.2, 0.25) is 5.88 Å². The fourth-order valence-electron chi connectivity index (χ4n) is 1.70. The van der Waals surface area contributed by atoms with Gasteiger partial charge >= 0.3 is 0 Å². The molecule has 3 nitrogen and oxygen atoms in total. The van der Waals surface area contributed by atoms with Crippen LogP contribution in [0.3, 0.4) is 0 Å². The minimum Gasteiger partial charge on any atom is -0.481 e. The van der Waals surface area contributed by atoms with E-state index >= 15 is 0 Å². The Morgan fingerprint density at radius 3 is 3.19 bits per heavy atom. The molecule has 0 radical (unpaired) electrons. The molecule has 0 fully saturated rings. The van der Waals surface area contributed by atoms with Crippen molar-refractivity contribution in [2.24, 2.45) is 0 Å². The Morgan fingerprint density at radius 1 is 1.62 bits per heavy atom. The number of rotatable bonds is 4. The number of thioether (sulfide) groups is 1. The molecule has 0 saturated heterocycles. The predicted molar refractivity (Wildman–Crippen MR) is 67.6 cm³/mol. The second-order valence-electron chi connectivity index (χ2n) is 3.85. The summed E-state index contributed by atoms with van der Waals surface area (Å²) < 4.78 is 5.11. The Balaban J connectivity index is 1.99. The van der Waals surface area contributed by atoms with E-state index in [4.69, 9.17) is 4.74 Å². The van der Waals surface area contributed by atoms with Gasteiger partial charge in [0.25, 0.3) is 0 Å². The predicted octanol–water partition coefficient (Wildman–Crippen LogP) is 2.15. The van der Waals surface area contributed by atoms with Crippen molar-refractivity contribution in [2.45, 2.75) is 12.6 Å². The zero-order valence-electron chi connectivity index (χ0n) is 9.59. The third-order valence-corrected chi connectivity index (χ3v) is 3.55. The molecule has 1 aromatic heterocycles. The molecule has 2 rings (SSSR count). The molecule has 4 heteroatoms. The lowest BCUT2D eigenvalue weighted by Crippen LogP contribution is -2.29. The van der Waals surface area contributed by atoms with Crippen LogP contribution in [0, 0.1) is 0 Å². The van der Waals surface area contributed by atoms with Crippen LogP contribution in [-0.2, 0) is 6.54 Å². The van der Waals surface area contributed by atoms with Crippen LogP contribution in [-0.4, -0.2) is 35.8 Å². The van der Waals surface area contributed by atoms with Crippen molar-refractivity contribution in [3.8, 4) is 5.88 Å². The highest BCUT2D eigenvalue weighted by atomic mass is 32.2. The van der Waals surface area contributed by atoms with Gasteiger partial charge in [-0.3, -0.25) is 4.90 Å². The maximum Gasteiger partial charge on any atom is 0.213 e. The average molecular weight is 236 g/mol. The quantitative estimate of drug-likeness (QED) is 0.800. The highest BCUT2D eigenvalue weighted by Gasteiger charge is 2.15. The molecule has 0 aliphatic carbocycles. The van der Waals surface area contributed by atoms with Crippen LogP contribution >= 0.6 is 11.8 Å². The third kappa shape index (κ3) is 2.77. The molecule has 1 aliphatic heterocycles. The summed E-state index contributed by atoms with van der Waals surface area (Å²) in [6.07, 6.45) is 4.05. The van der Waals surface area contributed by atoms with E-state index in [-0.39, 0.29) is 0 Å². The number of hydrogen-bond donors (Lipinski definition) is 0. The molecule has 0 saturated carbocycles. The summed E-state index contributed by atoms with van der Waals surface area (Å²) in [5, 5.41) is 2.17. The maximum absolute atomic E-state index is 5.11. The molecule has 0 bridgehead atoms. The number of aromatic nitrogens is 1. The van der Waals surface area contributed by atoms with Crippen molar-refractivity contribution >= 4 is 11.8 Å². The van der Waals surface area contributed by atoms with Gasteiger partial charge in [0.15, 0.2) is 0 Å². The first-order valence-corrected chi connectivity index (χ1v) is 6.32. The Morgan fingerprint density at radius 2 is 2.50 bits per heavy atom. The van der Waals surface area contributed by atoms with Gasteiger partial charge in [-0.15, -0.1) is 11.8 Å². The van der Waals surface area contributed by atoms with Gasteiger partial charge in [0.05, 0.1) is 7.11 Å². The number of methoxy groups -OCH3 is 1. The molecule has 2 heterocycles. The average Bonchev–Trinajstić information content (AvgIpc) is 2.83. The fraction of sp³-hybridized carbons (Fsp3) is 0.417. The van der Waals surface area contributed by atoms with Gasteiger partial charge in [0, 0.05) is 30.6 Å². The second kappa shape index (κ2) is 5.37. The van der Waals surface area contributed by atoms with E-state index in [1.54, 1.807) is 13.3 Å². The molecule has 1 aliphatic rings. The summed E-state index contributed by atoms with van der Waals surface area (Å²) in [6, 6.07) is 4.57. The highest BCUT2D eigenvalue weighted by molar-refractivity contribution is 8.02. The maximum atomic E-state index is 5.11. The van der Waals surface area contributed by atoms with E-state index in [2.05, 4.69) is 28.4 Å². The standard InChI is InChI=1S/C12H16N2OS/c1-14(11-4-6-16-9-11)8-10-3-5-13-12(7-10)15-2/h3-7,11H,8-9H2,1-2H3. The van der Waals surface area contributed by atoms with Crippen molar-refractivity contribution < 1.29 is 4.74 Å². The summed E-state index contributed by atoms with van der Waals surface area (Å²) in [5.41, 5.74) is 1.24. The van der Waals surface area contributed by atoms with Crippen LogP contribution in [0.2, 0.25) is 0 Å². The number of pyridine rings is 1. The minimum absolute atomic E-state index is 0.546. The summed E-state index contributed by atoms with van der Waals surface area (Å²) in [7, 11) is 3.79. The van der Waals surface area contributed by atoms with E-state index in [1.807, 2.05) is 23.9 Å². The monoisotopic (exact) mass is 236 g/mol. The molecule has 1 unspecified atom stereocenters. The second-order valence-corrected chi connectivity index (χ2v) is 4.79. The van der Waals surface area contributed by atoms with Gasteiger partial charge in [0.1, 0.15) is 0 Å². The SMILES string of the molecule is COc1cc(CN(C)C2C=CSC2)ccn1. The van der Waals surface area contributed by atoms with Crippen LogP contribution in [0.4, 0.5) is 0 Å². The molecule has 0 aromatic carbocycles. The molecular formula is C12H16N2OS. The number of ether oxygens (including phenoxy) is 1. The molecule has 86 valence electrons. The first kappa shape index (κ1) is 11.5. The van der Waals surface area contributed by atoms with Crippen molar-refractivity contribution in [2.75, 3.05) is 19.9 Å². The van der Waals surface area contributed by atoms with E-state index in [9.17, 15) is 0 Å². The fourth-order valence-corrected chi connectivity index (χ4v) is 2.66. The molecule has 0 amide bonds. The Hall–Kier alpha value is -1.00. The lowest BCUT2D eigenvalue weighted by molar-refractivity contribution is 0.293. The topological polar surface area (TPSA) is 25.4 Å². The lowest BCUT2D eigenvalue weighted by atomic mass is 10.2. The zero-order chi connectivity index (χ0) is 11.4. The van der Waals surface area contributed by atoms with Crippen LogP contribution in [0.15, 0.2) is 29.8 Å². The summed E-state index contributed by atoms with van der Waals surface area (Å²) >= 11 is 1.87. The Bertz CT molecular complexity index is 381. The van der Waals surface area contributed by atoms with Crippen LogP contribution in [0.25, 0.3) is 0 Å². The van der Waals surface area contributed by atoms with Crippen LogP contribution in [0.1, 0.15) is 5.56 Å². The van der Waals surface area contributed by atoms with Crippen molar-refractivity contribution in [1.29, 1.82) is 0 Å². The van der Waals surface area contributed by atoms with Gasteiger partial charge in [-0.1, -0.05) is 6.08 Å². The highest BCUT2D eigenvalue weighted by Crippen LogP contribution is 2.20. The number of nitrogens with zero attached hydrogens (tertiary/aromatic N) is 2. The summed E-state index contributed by atoms with van der Waals surface area (Å²) in [4.78, 5) is 6.44. The summed E-state index contributed by atoms with van der Waals surface area (Å²) in [5.74, 6) is 1.83. The minimum atomic E-state index is 0.546. The number of likely N-dealkylation sites (N-methyl/N-ethyl adjacent to an activating group) is 1. The first-order valence-electron chi connectivity index (χ1n) is 5.27. The third-order valence-electron chi connectivity index (χ3n) is 2.67. The van der Waals surface area contributed by atoms with Crippen LogP contribution in [0.5, 0.6) is 5.88 Å². The Kier molecular flexibility index (Phi) is 3.85. The Labute approximate surface area is 101 Å². The largest absolute Gasteiger partial charge is 0.481 e. The van der Waals surface area contributed by atoms with Crippen molar-refractivity contribution in [1.82, 2.24) is 9.88 Å². The molecule has 1 atom stereocenters. The van der Waals surface area contributed by atoms with E-state index < -0.39 is 0 Å². The first-order chi connectivity index (χ1) is 7.79. The van der Waals surface area contributed by atoms with Gasteiger partial charge in [-0.05, 0) is 24.1 Å². The molecule has 0 spiro atoms. The zero-order valence-corrected chi connectivity index (χ0v) is 10.4. The molecular weight excluding hydrogens is 220 g/mol. The number of hydrogen-bond acceptors (Lipinski definition) is 4. The molecule has 0 N–H and O–H groups in total. The normalized spacial score (nSPS) is 19.3. The lowest BCUT2D eigenvalue weighted by Gasteiger charge is -2.22. The van der Waals surface area contributed by atoms with Gasteiger partial charge < -0.3 is 4.74 Å². The molecule has 1 aromatic rings. The van der Waals surface area contributed by atoms with E-state index in [0.29, 0.717) is 11.9 Å². The van der Waals surface area contributed by atoms with Crippen molar-refractivity contribution in [3.05, 3.63) is 35.4 Å². The summed E-state index contributed by atoms with van der Waals surface area (Å²) in [6.45, 7) is 0.925. The smallest absolute Gasteiger partial charge is 0.213 e. The van der Waals surface area contributed by atoms with Crippen molar-refractivity contribution in [3.63, 3.8) is 0 Å². The van der Waals surface area contributed by atoms with Gasteiger partial charge in [-0.25, -0.2) is 4.98 Å². The van der Waals surface area contributed by atoms with E-state index in [1.165, 1.54) is 5.56 Å².